The molecular weight excluding hydrogens is 268 g/mol. The summed E-state index contributed by atoms with van der Waals surface area (Å²) in [5.41, 5.74) is 1.26. The Morgan fingerprint density at radius 3 is 2.44 bits per heavy atom. The van der Waals surface area contributed by atoms with Gasteiger partial charge in [-0.25, -0.2) is 0 Å². The first kappa shape index (κ1) is 13.4. The molecule has 0 saturated carbocycles. The van der Waals surface area contributed by atoms with Crippen LogP contribution in [0.1, 0.15) is 32.8 Å². The molecule has 0 atom stereocenters. The molecule has 16 heavy (non-hydrogen) atoms. The van der Waals surface area contributed by atoms with Gasteiger partial charge in [0.15, 0.2) is 11.5 Å². The number of aryl methyl sites for hydroxylation is 1. The summed E-state index contributed by atoms with van der Waals surface area (Å²) in [7, 11) is 1.66. The molecule has 0 aliphatic carbocycles. The number of benzene rings is 1. The van der Waals surface area contributed by atoms with Crippen LogP contribution in [0.15, 0.2) is 16.6 Å². The van der Waals surface area contributed by atoms with E-state index in [0.29, 0.717) is 0 Å². The summed E-state index contributed by atoms with van der Waals surface area (Å²) in [4.78, 5) is 0. The van der Waals surface area contributed by atoms with Gasteiger partial charge in [-0.2, -0.15) is 0 Å². The van der Waals surface area contributed by atoms with Crippen LogP contribution in [0.25, 0.3) is 0 Å². The van der Waals surface area contributed by atoms with Crippen molar-refractivity contribution in [2.24, 2.45) is 0 Å². The Balaban J connectivity index is 3.07. The molecule has 0 radical (unpaired) electrons. The summed E-state index contributed by atoms with van der Waals surface area (Å²) in [5, 5.41) is 0. The van der Waals surface area contributed by atoms with Crippen molar-refractivity contribution in [2.75, 3.05) is 7.11 Å². The molecule has 1 aromatic rings. The third-order valence-electron chi connectivity index (χ3n) is 2.21. The third kappa shape index (κ3) is 3.41. The highest BCUT2D eigenvalue weighted by atomic mass is 79.9. The van der Waals surface area contributed by atoms with Crippen molar-refractivity contribution in [1.29, 1.82) is 0 Å². The number of hydrogen-bond donors (Lipinski definition) is 0. The molecule has 0 amide bonds. The van der Waals surface area contributed by atoms with Gasteiger partial charge in [0.1, 0.15) is 0 Å². The Kier molecular flexibility index (Phi) is 5.13. The van der Waals surface area contributed by atoms with Crippen molar-refractivity contribution >= 4 is 15.9 Å². The van der Waals surface area contributed by atoms with Crippen molar-refractivity contribution in [1.82, 2.24) is 0 Å². The van der Waals surface area contributed by atoms with Gasteiger partial charge in [-0.15, -0.1) is 0 Å². The first-order chi connectivity index (χ1) is 7.58. The van der Waals surface area contributed by atoms with Crippen LogP contribution in [0.4, 0.5) is 0 Å². The maximum atomic E-state index is 5.73. The van der Waals surface area contributed by atoms with E-state index in [0.717, 1.165) is 28.8 Å². The van der Waals surface area contributed by atoms with Gasteiger partial charge in [-0.1, -0.05) is 29.3 Å². The molecule has 0 bridgehead atoms. The van der Waals surface area contributed by atoms with E-state index in [1.54, 1.807) is 7.11 Å². The van der Waals surface area contributed by atoms with Gasteiger partial charge in [0.2, 0.25) is 0 Å². The summed E-state index contributed by atoms with van der Waals surface area (Å²) in [6.07, 6.45) is 2.31. The smallest absolute Gasteiger partial charge is 0.161 e. The highest BCUT2D eigenvalue weighted by Crippen LogP contribution is 2.34. The van der Waals surface area contributed by atoms with Gasteiger partial charge < -0.3 is 9.47 Å². The van der Waals surface area contributed by atoms with Crippen LogP contribution in [0.2, 0.25) is 0 Å². The summed E-state index contributed by atoms with van der Waals surface area (Å²) in [6, 6.07) is 4.04. The minimum absolute atomic E-state index is 0.157. The Morgan fingerprint density at radius 1 is 1.25 bits per heavy atom. The normalized spacial score (nSPS) is 10.6. The zero-order valence-corrected chi connectivity index (χ0v) is 11.9. The van der Waals surface area contributed by atoms with Crippen molar-refractivity contribution < 1.29 is 9.47 Å². The molecule has 0 fully saturated rings. The number of rotatable bonds is 5. The van der Waals surface area contributed by atoms with E-state index in [1.807, 2.05) is 19.9 Å². The van der Waals surface area contributed by atoms with E-state index in [-0.39, 0.29) is 6.10 Å². The van der Waals surface area contributed by atoms with Gasteiger partial charge in [0.05, 0.1) is 13.2 Å². The lowest BCUT2D eigenvalue weighted by atomic mass is 10.1. The van der Waals surface area contributed by atoms with E-state index in [2.05, 4.69) is 28.9 Å². The van der Waals surface area contributed by atoms with Gasteiger partial charge >= 0.3 is 0 Å². The lowest BCUT2D eigenvalue weighted by Crippen LogP contribution is -2.07. The van der Waals surface area contributed by atoms with Crippen LogP contribution in [0.3, 0.4) is 0 Å². The molecule has 0 spiro atoms. The summed E-state index contributed by atoms with van der Waals surface area (Å²) < 4.78 is 12.1. The largest absolute Gasteiger partial charge is 0.493 e. The molecule has 3 heteroatoms. The van der Waals surface area contributed by atoms with Crippen LogP contribution in [-0.4, -0.2) is 13.2 Å². The minimum atomic E-state index is 0.157. The Hall–Kier alpha value is -0.700. The zero-order chi connectivity index (χ0) is 12.1. The summed E-state index contributed by atoms with van der Waals surface area (Å²) >= 11 is 3.55. The number of methoxy groups -OCH3 is 1. The van der Waals surface area contributed by atoms with Crippen LogP contribution in [0, 0.1) is 0 Å². The van der Waals surface area contributed by atoms with Crippen LogP contribution in [0.5, 0.6) is 11.5 Å². The fraction of sp³-hybridized carbons (Fsp3) is 0.538. The molecule has 0 aromatic heterocycles. The molecule has 0 aliphatic heterocycles. The van der Waals surface area contributed by atoms with Crippen molar-refractivity contribution in [3.63, 3.8) is 0 Å². The maximum absolute atomic E-state index is 5.73. The second-order valence-electron chi connectivity index (χ2n) is 4.01. The lowest BCUT2D eigenvalue weighted by Gasteiger charge is -2.15. The van der Waals surface area contributed by atoms with Gasteiger partial charge in [0.25, 0.3) is 0 Å². The monoisotopic (exact) mass is 286 g/mol. The topological polar surface area (TPSA) is 18.5 Å². The van der Waals surface area contributed by atoms with Crippen molar-refractivity contribution in [2.45, 2.75) is 39.7 Å². The molecule has 1 rings (SSSR count). The zero-order valence-electron chi connectivity index (χ0n) is 10.3. The summed E-state index contributed by atoms with van der Waals surface area (Å²) in [5.74, 6) is 1.60. The van der Waals surface area contributed by atoms with E-state index in [1.165, 1.54) is 5.56 Å². The van der Waals surface area contributed by atoms with Crippen LogP contribution in [-0.2, 0) is 6.42 Å². The molecule has 2 nitrogen and oxygen atoms in total. The SMILES string of the molecule is CCCc1cc(OC(C)C)c(OC)cc1Br. The summed E-state index contributed by atoms with van der Waals surface area (Å²) in [6.45, 7) is 6.20. The molecule has 0 heterocycles. The molecule has 0 unspecified atom stereocenters. The molecule has 0 saturated heterocycles. The highest BCUT2D eigenvalue weighted by molar-refractivity contribution is 9.10. The van der Waals surface area contributed by atoms with Gasteiger partial charge in [0, 0.05) is 4.47 Å². The Bertz CT molecular complexity index is 348. The molecule has 90 valence electrons. The molecular formula is C13H19BrO2. The molecule has 1 aromatic carbocycles. The van der Waals surface area contributed by atoms with E-state index in [4.69, 9.17) is 9.47 Å². The number of hydrogen-bond acceptors (Lipinski definition) is 2. The predicted octanol–water partition coefficient (Wildman–Crippen LogP) is 4.20. The number of ether oxygens (including phenoxy) is 2. The highest BCUT2D eigenvalue weighted by Gasteiger charge is 2.10. The first-order valence-corrected chi connectivity index (χ1v) is 6.40. The quantitative estimate of drug-likeness (QED) is 0.808. The van der Waals surface area contributed by atoms with Crippen molar-refractivity contribution in [3.8, 4) is 11.5 Å². The third-order valence-corrected chi connectivity index (χ3v) is 2.95. The Labute approximate surface area is 106 Å². The first-order valence-electron chi connectivity index (χ1n) is 5.61. The maximum Gasteiger partial charge on any atom is 0.161 e. The Morgan fingerprint density at radius 2 is 1.94 bits per heavy atom. The van der Waals surface area contributed by atoms with E-state index >= 15 is 0 Å². The predicted molar refractivity (Wildman–Crippen MR) is 70.5 cm³/mol. The average Bonchev–Trinajstić information content (AvgIpc) is 2.22. The average molecular weight is 287 g/mol. The second-order valence-corrected chi connectivity index (χ2v) is 4.87. The second kappa shape index (κ2) is 6.14. The fourth-order valence-electron chi connectivity index (χ4n) is 1.54. The minimum Gasteiger partial charge on any atom is -0.493 e. The number of halogens is 1. The molecule has 0 N–H and O–H groups in total. The van der Waals surface area contributed by atoms with Crippen LogP contribution >= 0.6 is 15.9 Å². The van der Waals surface area contributed by atoms with Gasteiger partial charge in [-0.05, 0) is 38.0 Å². The van der Waals surface area contributed by atoms with Gasteiger partial charge in [-0.3, -0.25) is 0 Å². The molecule has 0 aliphatic rings. The standard InChI is InChI=1S/C13H19BrO2/c1-5-6-10-7-13(16-9(2)3)12(15-4)8-11(10)14/h7-9H,5-6H2,1-4H3. The van der Waals surface area contributed by atoms with Crippen molar-refractivity contribution in [3.05, 3.63) is 22.2 Å². The van der Waals surface area contributed by atoms with E-state index < -0.39 is 0 Å². The fourth-order valence-corrected chi connectivity index (χ4v) is 2.06. The lowest BCUT2D eigenvalue weighted by molar-refractivity contribution is 0.230. The van der Waals surface area contributed by atoms with E-state index in [9.17, 15) is 0 Å². The van der Waals surface area contributed by atoms with Crippen LogP contribution < -0.4 is 9.47 Å².